The minimum atomic E-state index is -0.576. The van der Waals surface area contributed by atoms with Crippen LogP contribution in [0.2, 0.25) is 5.02 Å². The number of non-ortho nitro benzene ring substituents is 1. The molecule has 4 rings (SSSR count). The fourth-order valence-corrected chi connectivity index (χ4v) is 3.90. The Kier molecular flexibility index (Phi) is 4.89. The zero-order chi connectivity index (χ0) is 19.7. The zero-order valence-electron chi connectivity index (χ0n) is 14.2. The van der Waals surface area contributed by atoms with E-state index in [2.05, 4.69) is 10.3 Å². The summed E-state index contributed by atoms with van der Waals surface area (Å²) in [7, 11) is 0. The van der Waals surface area contributed by atoms with Crippen molar-refractivity contribution in [2.75, 3.05) is 0 Å². The first-order valence-electron chi connectivity index (χ1n) is 8.16. The van der Waals surface area contributed by atoms with Gasteiger partial charge in [0.2, 0.25) is 5.91 Å². The highest BCUT2D eigenvalue weighted by atomic mass is 35.5. The lowest BCUT2D eigenvalue weighted by atomic mass is 10.1. The summed E-state index contributed by atoms with van der Waals surface area (Å²) in [6.07, 6.45) is 0. The molecule has 2 heterocycles. The third kappa shape index (κ3) is 3.64. The van der Waals surface area contributed by atoms with Gasteiger partial charge in [-0.1, -0.05) is 41.6 Å². The zero-order valence-corrected chi connectivity index (χ0v) is 15.7. The lowest BCUT2D eigenvalue weighted by molar-refractivity contribution is -0.384. The van der Waals surface area contributed by atoms with Crippen LogP contribution in [0.5, 0.6) is 0 Å². The molecule has 1 unspecified atom stereocenters. The number of carbonyl (C=O) groups is 1. The molecule has 3 aromatic rings. The van der Waals surface area contributed by atoms with Crippen molar-refractivity contribution in [2.24, 2.45) is 4.99 Å². The monoisotopic (exact) mass is 413 g/mol. The average Bonchev–Trinajstić information content (AvgIpc) is 3.29. The summed E-state index contributed by atoms with van der Waals surface area (Å²) in [6, 6.07) is 16.8. The molecule has 0 spiro atoms. The minimum Gasteiger partial charge on any atom is -0.459 e. The van der Waals surface area contributed by atoms with Crippen molar-refractivity contribution in [2.45, 2.75) is 5.25 Å². The third-order valence-corrected chi connectivity index (χ3v) is 5.41. The maximum Gasteiger partial charge on any atom is 0.270 e. The highest BCUT2D eigenvalue weighted by molar-refractivity contribution is 8.15. The molecule has 2 aromatic carbocycles. The van der Waals surface area contributed by atoms with Crippen LogP contribution < -0.4 is 5.32 Å². The van der Waals surface area contributed by atoms with Crippen molar-refractivity contribution >= 4 is 45.8 Å². The van der Waals surface area contributed by atoms with Gasteiger partial charge < -0.3 is 9.73 Å². The van der Waals surface area contributed by atoms with Crippen molar-refractivity contribution in [3.8, 4) is 11.3 Å². The number of aliphatic imine (C=N–C) groups is 1. The number of amidine groups is 1. The normalized spacial score (nSPS) is 17.7. The van der Waals surface area contributed by atoms with Crippen molar-refractivity contribution in [3.05, 3.63) is 81.6 Å². The summed E-state index contributed by atoms with van der Waals surface area (Å²) in [5.41, 5.74) is 1.15. The van der Waals surface area contributed by atoms with Crippen LogP contribution in [-0.2, 0) is 4.79 Å². The third-order valence-electron chi connectivity index (χ3n) is 4.00. The molecule has 1 saturated heterocycles. The Morgan fingerprint density at radius 1 is 1.14 bits per heavy atom. The number of thioether (sulfide) groups is 1. The fraction of sp³-hybridized carbons (Fsp3) is 0.0526. The van der Waals surface area contributed by atoms with Gasteiger partial charge in [0.1, 0.15) is 16.8 Å². The van der Waals surface area contributed by atoms with Crippen molar-refractivity contribution in [3.63, 3.8) is 0 Å². The Hall–Kier alpha value is -3.10. The van der Waals surface area contributed by atoms with E-state index in [4.69, 9.17) is 16.0 Å². The predicted octanol–water partition coefficient (Wildman–Crippen LogP) is 5.10. The van der Waals surface area contributed by atoms with Crippen LogP contribution in [0.3, 0.4) is 0 Å². The van der Waals surface area contributed by atoms with E-state index in [0.717, 1.165) is 5.69 Å². The number of benzene rings is 2. The van der Waals surface area contributed by atoms with Crippen molar-refractivity contribution < 1.29 is 14.1 Å². The largest absolute Gasteiger partial charge is 0.459 e. The van der Waals surface area contributed by atoms with E-state index in [9.17, 15) is 14.9 Å². The molecule has 0 radical (unpaired) electrons. The molecule has 7 nitrogen and oxygen atoms in total. The van der Waals surface area contributed by atoms with Crippen LogP contribution in [0.4, 0.5) is 11.4 Å². The number of furan rings is 1. The predicted molar refractivity (Wildman–Crippen MR) is 108 cm³/mol. The van der Waals surface area contributed by atoms with Gasteiger partial charge in [0.05, 0.1) is 15.6 Å². The number of nitro groups is 1. The summed E-state index contributed by atoms with van der Waals surface area (Å²) in [6.45, 7) is 0. The van der Waals surface area contributed by atoms with E-state index in [1.807, 2.05) is 30.3 Å². The van der Waals surface area contributed by atoms with E-state index in [-0.39, 0.29) is 16.6 Å². The van der Waals surface area contributed by atoms with Gasteiger partial charge in [0.25, 0.3) is 5.69 Å². The number of hydrogen-bond donors (Lipinski definition) is 1. The van der Waals surface area contributed by atoms with Gasteiger partial charge in [-0.3, -0.25) is 14.9 Å². The van der Waals surface area contributed by atoms with Gasteiger partial charge in [-0.15, -0.1) is 0 Å². The molecule has 0 aliphatic carbocycles. The second-order valence-corrected chi connectivity index (χ2v) is 7.36. The number of amides is 1. The second-order valence-electron chi connectivity index (χ2n) is 5.86. The molecule has 1 amide bonds. The molecule has 1 atom stereocenters. The molecular weight excluding hydrogens is 402 g/mol. The fourth-order valence-electron chi connectivity index (χ4n) is 2.68. The number of halogens is 1. The summed E-state index contributed by atoms with van der Waals surface area (Å²) < 4.78 is 5.81. The first-order valence-corrected chi connectivity index (χ1v) is 9.42. The van der Waals surface area contributed by atoms with Crippen molar-refractivity contribution in [1.82, 2.24) is 5.32 Å². The molecule has 0 bridgehead atoms. The van der Waals surface area contributed by atoms with Gasteiger partial charge >= 0.3 is 0 Å². The van der Waals surface area contributed by atoms with E-state index in [1.165, 1.54) is 30.0 Å². The first kappa shape index (κ1) is 18.3. The molecule has 1 fully saturated rings. The summed E-state index contributed by atoms with van der Waals surface area (Å²) >= 11 is 7.41. The van der Waals surface area contributed by atoms with Gasteiger partial charge in [-0.25, -0.2) is 4.99 Å². The maximum absolute atomic E-state index is 12.3. The second kappa shape index (κ2) is 7.49. The number of para-hydroxylation sites is 1. The molecule has 140 valence electrons. The van der Waals surface area contributed by atoms with E-state index in [0.29, 0.717) is 22.3 Å². The quantitative estimate of drug-likeness (QED) is 0.474. The molecular formula is C19H12ClN3O4S. The standard InChI is InChI=1S/C19H12ClN3O4S/c20-14-10-12(23(25)26)6-7-13(14)15-8-9-16(27-15)17-18(24)22-19(28-17)21-11-4-2-1-3-5-11/h1-10,17H,(H,21,22,24). The number of rotatable bonds is 4. The van der Waals surface area contributed by atoms with Crippen LogP contribution in [-0.4, -0.2) is 16.0 Å². The highest BCUT2D eigenvalue weighted by Gasteiger charge is 2.34. The van der Waals surface area contributed by atoms with Crippen LogP contribution in [0.15, 0.2) is 70.1 Å². The Morgan fingerprint density at radius 2 is 1.93 bits per heavy atom. The lowest BCUT2D eigenvalue weighted by Gasteiger charge is -2.03. The number of nitrogens with zero attached hydrogens (tertiary/aromatic N) is 2. The van der Waals surface area contributed by atoms with Crippen molar-refractivity contribution in [1.29, 1.82) is 0 Å². The molecule has 1 aliphatic rings. The summed E-state index contributed by atoms with van der Waals surface area (Å²) in [5.74, 6) is 0.650. The van der Waals surface area contributed by atoms with E-state index >= 15 is 0 Å². The van der Waals surface area contributed by atoms with Gasteiger partial charge in [-0.2, -0.15) is 0 Å². The molecule has 0 saturated carbocycles. The van der Waals surface area contributed by atoms with Crippen LogP contribution >= 0.6 is 23.4 Å². The van der Waals surface area contributed by atoms with Gasteiger partial charge in [-0.05, 0) is 30.3 Å². The number of hydrogen-bond acceptors (Lipinski definition) is 6. The Balaban J connectivity index is 1.57. The number of nitro benzene ring substituents is 1. The number of nitrogens with one attached hydrogen (secondary N) is 1. The maximum atomic E-state index is 12.3. The summed E-state index contributed by atoms with van der Waals surface area (Å²) in [4.78, 5) is 27.1. The molecule has 1 aliphatic heterocycles. The Labute approximate surface area is 168 Å². The SMILES string of the molecule is O=C1NC(=Nc2ccccc2)SC1c1ccc(-c2ccc([N+](=O)[O-])cc2Cl)o1. The van der Waals surface area contributed by atoms with Gasteiger partial charge in [0.15, 0.2) is 5.17 Å². The van der Waals surface area contributed by atoms with Gasteiger partial charge in [0, 0.05) is 17.7 Å². The Bertz CT molecular complexity index is 1100. The van der Waals surface area contributed by atoms with E-state index < -0.39 is 10.2 Å². The molecule has 9 heteroatoms. The number of carbonyl (C=O) groups excluding carboxylic acids is 1. The van der Waals surface area contributed by atoms with Crippen LogP contribution in [0, 0.1) is 10.1 Å². The first-order chi connectivity index (χ1) is 13.5. The highest BCUT2D eigenvalue weighted by Crippen LogP contribution is 2.39. The average molecular weight is 414 g/mol. The topological polar surface area (TPSA) is 97.7 Å². The molecule has 28 heavy (non-hydrogen) atoms. The van der Waals surface area contributed by atoms with Crippen LogP contribution in [0.25, 0.3) is 11.3 Å². The lowest BCUT2D eigenvalue weighted by Crippen LogP contribution is -2.21. The van der Waals surface area contributed by atoms with Crippen LogP contribution in [0.1, 0.15) is 11.0 Å². The Morgan fingerprint density at radius 3 is 2.64 bits per heavy atom. The summed E-state index contributed by atoms with van der Waals surface area (Å²) in [5, 5.41) is 13.7. The smallest absolute Gasteiger partial charge is 0.270 e. The molecule has 1 aromatic heterocycles. The van der Waals surface area contributed by atoms with E-state index in [1.54, 1.807) is 12.1 Å². The minimum absolute atomic E-state index is 0.104. The molecule has 1 N–H and O–H groups in total.